The predicted molar refractivity (Wildman–Crippen MR) is 53.4 cm³/mol. The molecule has 15 heavy (non-hydrogen) atoms. The Hall–Kier alpha value is -1.45. The molecule has 0 aliphatic heterocycles. The zero-order valence-electron chi connectivity index (χ0n) is 8.25. The maximum absolute atomic E-state index is 12.8. The molecule has 4 heteroatoms. The highest BCUT2D eigenvalue weighted by Gasteiger charge is 2.12. The fourth-order valence-electron chi connectivity index (χ4n) is 1.28. The Bertz CT molecular complexity index is 324. The number of carbonyl (C=O) groups excluding carboxylic acids is 1. The summed E-state index contributed by atoms with van der Waals surface area (Å²) in [6.45, 7) is 0. The van der Waals surface area contributed by atoms with Crippen molar-refractivity contribution in [1.82, 2.24) is 0 Å². The lowest BCUT2D eigenvalue weighted by molar-refractivity contribution is -0.122. The van der Waals surface area contributed by atoms with E-state index in [0.29, 0.717) is 12.8 Å². The van der Waals surface area contributed by atoms with Gasteiger partial charge >= 0.3 is 0 Å². The van der Waals surface area contributed by atoms with Crippen molar-refractivity contribution in [2.24, 2.45) is 5.73 Å². The molecule has 0 saturated carbocycles. The number of aryl methyl sites for hydroxylation is 1. The third kappa shape index (κ3) is 4.06. The maximum atomic E-state index is 12.8. The number of hydrogen-bond acceptors (Lipinski definition) is 1. The molecule has 82 valence electrons. The van der Waals surface area contributed by atoms with Crippen LogP contribution in [-0.2, 0) is 11.2 Å². The van der Waals surface area contributed by atoms with Crippen LogP contribution in [0.25, 0.3) is 0 Å². The van der Waals surface area contributed by atoms with Crippen LogP contribution in [0, 0.1) is 5.82 Å². The van der Waals surface area contributed by atoms with E-state index in [1.807, 2.05) is 0 Å². The summed E-state index contributed by atoms with van der Waals surface area (Å²) in [6, 6.07) is 6.01. The standard InChI is InChI=1S/C11H13F2NO/c12-9-6-4-8(5-7-9)2-1-3-10(13)11(14)15/h4-7,10H,1-3H2,(H2,14,15). The number of rotatable bonds is 5. The second-order valence-electron chi connectivity index (χ2n) is 3.39. The highest BCUT2D eigenvalue weighted by atomic mass is 19.1. The Kier molecular flexibility index (Phi) is 4.21. The normalized spacial score (nSPS) is 12.4. The van der Waals surface area contributed by atoms with Gasteiger partial charge in [0.05, 0.1) is 0 Å². The number of amides is 1. The lowest BCUT2D eigenvalue weighted by Crippen LogP contribution is -2.24. The molecule has 2 nitrogen and oxygen atoms in total. The van der Waals surface area contributed by atoms with Gasteiger partial charge < -0.3 is 5.73 Å². The van der Waals surface area contributed by atoms with E-state index < -0.39 is 12.1 Å². The zero-order valence-corrected chi connectivity index (χ0v) is 8.25. The van der Waals surface area contributed by atoms with Gasteiger partial charge in [-0.3, -0.25) is 4.79 Å². The van der Waals surface area contributed by atoms with Crippen LogP contribution < -0.4 is 5.73 Å². The number of nitrogens with two attached hydrogens (primary N) is 1. The lowest BCUT2D eigenvalue weighted by atomic mass is 10.1. The molecule has 2 N–H and O–H groups in total. The number of benzene rings is 1. The predicted octanol–water partition coefficient (Wildman–Crippen LogP) is 1.97. The monoisotopic (exact) mass is 213 g/mol. The number of primary amides is 1. The van der Waals surface area contributed by atoms with Gasteiger partial charge in [0.15, 0.2) is 6.17 Å². The Morgan fingerprint density at radius 1 is 1.33 bits per heavy atom. The van der Waals surface area contributed by atoms with Crippen LogP contribution in [0.5, 0.6) is 0 Å². The fraction of sp³-hybridized carbons (Fsp3) is 0.364. The average Bonchev–Trinajstić information content (AvgIpc) is 2.20. The van der Waals surface area contributed by atoms with Crippen LogP contribution in [-0.4, -0.2) is 12.1 Å². The van der Waals surface area contributed by atoms with Gasteiger partial charge in [-0.2, -0.15) is 0 Å². The Labute approximate surface area is 87.1 Å². The molecule has 0 spiro atoms. The van der Waals surface area contributed by atoms with Crippen molar-refractivity contribution in [1.29, 1.82) is 0 Å². The Balaban J connectivity index is 2.32. The molecule has 0 aliphatic rings. The van der Waals surface area contributed by atoms with Crippen molar-refractivity contribution >= 4 is 5.91 Å². The summed E-state index contributed by atoms with van der Waals surface area (Å²) in [7, 11) is 0. The van der Waals surface area contributed by atoms with Gasteiger partial charge in [0, 0.05) is 0 Å². The third-order valence-corrected chi connectivity index (χ3v) is 2.15. The van der Waals surface area contributed by atoms with Crippen molar-refractivity contribution < 1.29 is 13.6 Å². The minimum Gasteiger partial charge on any atom is -0.367 e. The molecule has 0 radical (unpaired) electrons. The summed E-state index contributed by atoms with van der Waals surface area (Å²) in [5.74, 6) is -1.21. The van der Waals surface area contributed by atoms with Gasteiger partial charge in [0.1, 0.15) is 5.82 Å². The summed E-state index contributed by atoms with van der Waals surface area (Å²) in [4.78, 5) is 10.4. The van der Waals surface area contributed by atoms with E-state index >= 15 is 0 Å². The van der Waals surface area contributed by atoms with Gasteiger partial charge in [-0.1, -0.05) is 12.1 Å². The molecule has 0 aliphatic carbocycles. The SMILES string of the molecule is NC(=O)C(F)CCCc1ccc(F)cc1. The van der Waals surface area contributed by atoms with Crippen LogP contribution in [0.3, 0.4) is 0 Å². The lowest BCUT2D eigenvalue weighted by Gasteiger charge is -2.03. The molecule has 1 atom stereocenters. The summed E-state index contributed by atoms with van der Waals surface area (Å²) in [5, 5.41) is 0. The van der Waals surface area contributed by atoms with E-state index in [0.717, 1.165) is 5.56 Å². The van der Waals surface area contributed by atoms with Gasteiger partial charge in [-0.15, -0.1) is 0 Å². The minimum absolute atomic E-state index is 0.118. The van der Waals surface area contributed by atoms with E-state index in [9.17, 15) is 13.6 Å². The van der Waals surface area contributed by atoms with Crippen LogP contribution in [0.4, 0.5) is 8.78 Å². The van der Waals surface area contributed by atoms with Crippen molar-refractivity contribution in [3.05, 3.63) is 35.6 Å². The van der Waals surface area contributed by atoms with E-state index in [2.05, 4.69) is 0 Å². The first kappa shape index (κ1) is 11.6. The fourth-order valence-corrected chi connectivity index (χ4v) is 1.28. The Morgan fingerprint density at radius 2 is 1.93 bits per heavy atom. The molecule has 1 rings (SSSR count). The first-order chi connectivity index (χ1) is 7.09. The molecule has 0 bridgehead atoms. The van der Waals surface area contributed by atoms with E-state index in [-0.39, 0.29) is 12.2 Å². The number of hydrogen-bond donors (Lipinski definition) is 1. The van der Waals surface area contributed by atoms with Gasteiger partial charge in [-0.25, -0.2) is 8.78 Å². The molecule has 0 aromatic heterocycles. The first-order valence-electron chi connectivity index (χ1n) is 4.77. The topological polar surface area (TPSA) is 43.1 Å². The van der Waals surface area contributed by atoms with Crippen LogP contribution >= 0.6 is 0 Å². The number of halogens is 2. The van der Waals surface area contributed by atoms with Gasteiger partial charge in [0.2, 0.25) is 0 Å². The second-order valence-corrected chi connectivity index (χ2v) is 3.39. The van der Waals surface area contributed by atoms with E-state index in [1.165, 1.54) is 12.1 Å². The molecule has 0 fully saturated rings. The molecule has 1 aromatic carbocycles. The van der Waals surface area contributed by atoms with Crippen LogP contribution in [0.15, 0.2) is 24.3 Å². The van der Waals surface area contributed by atoms with E-state index in [1.54, 1.807) is 12.1 Å². The molecule has 1 amide bonds. The summed E-state index contributed by atoms with van der Waals surface area (Å²) < 4.78 is 25.3. The first-order valence-corrected chi connectivity index (χ1v) is 4.77. The van der Waals surface area contributed by atoms with Crippen molar-refractivity contribution in [2.75, 3.05) is 0 Å². The van der Waals surface area contributed by atoms with Crippen molar-refractivity contribution in [3.8, 4) is 0 Å². The summed E-state index contributed by atoms with van der Waals surface area (Å²) in [6.07, 6.45) is -0.318. The van der Waals surface area contributed by atoms with Crippen molar-refractivity contribution in [3.63, 3.8) is 0 Å². The summed E-state index contributed by atoms with van der Waals surface area (Å²) >= 11 is 0. The number of carbonyl (C=O) groups is 1. The van der Waals surface area contributed by atoms with Gasteiger partial charge in [-0.05, 0) is 37.0 Å². The molecular formula is C11H13F2NO. The average molecular weight is 213 g/mol. The zero-order chi connectivity index (χ0) is 11.3. The molecule has 0 saturated heterocycles. The Morgan fingerprint density at radius 3 is 2.47 bits per heavy atom. The second kappa shape index (κ2) is 5.44. The maximum Gasteiger partial charge on any atom is 0.251 e. The smallest absolute Gasteiger partial charge is 0.251 e. The largest absolute Gasteiger partial charge is 0.367 e. The quantitative estimate of drug-likeness (QED) is 0.798. The highest BCUT2D eigenvalue weighted by Crippen LogP contribution is 2.09. The van der Waals surface area contributed by atoms with Crippen LogP contribution in [0.2, 0.25) is 0 Å². The molecule has 0 heterocycles. The van der Waals surface area contributed by atoms with Gasteiger partial charge in [0.25, 0.3) is 5.91 Å². The third-order valence-electron chi connectivity index (χ3n) is 2.15. The minimum atomic E-state index is -1.58. The number of alkyl halides is 1. The highest BCUT2D eigenvalue weighted by molar-refractivity contribution is 5.78. The molecule has 1 aromatic rings. The molecular weight excluding hydrogens is 200 g/mol. The molecule has 1 unspecified atom stereocenters. The summed E-state index contributed by atoms with van der Waals surface area (Å²) in [5.41, 5.74) is 5.70. The van der Waals surface area contributed by atoms with E-state index in [4.69, 9.17) is 5.73 Å². The van der Waals surface area contributed by atoms with Crippen LogP contribution in [0.1, 0.15) is 18.4 Å². The van der Waals surface area contributed by atoms with Crippen molar-refractivity contribution in [2.45, 2.75) is 25.4 Å².